The van der Waals surface area contributed by atoms with Gasteiger partial charge in [0.2, 0.25) is 10.0 Å². The Balaban J connectivity index is 1.75. The minimum atomic E-state index is -3.93. The molecular weight excluding hydrogens is 582 g/mol. The molecule has 0 unspecified atom stereocenters. The Morgan fingerprint density at radius 3 is 2.53 bits per heavy atom. The first kappa shape index (κ1) is 31.9. The first-order valence-electron chi connectivity index (χ1n) is 14.3. The van der Waals surface area contributed by atoms with Crippen molar-refractivity contribution in [2.75, 3.05) is 45.9 Å². The van der Waals surface area contributed by atoms with E-state index >= 15 is 0 Å². The Labute approximate surface area is 248 Å². The van der Waals surface area contributed by atoms with E-state index in [2.05, 4.69) is 15.0 Å². The van der Waals surface area contributed by atoms with E-state index in [1.807, 2.05) is 25.7 Å². The summed E-state index contributed by atoms with van der Waals surface area (Å²) in [6.45, 7) is 8.05. The van der Waals surface area contributed by atoms with Crippen LogP contribution in [-0.4, -0.2) is 94.6 Å². The van der Waals surface area contributed by atoms with Crippen LogP contribution in [0.3, 0.4) is 0 Å². The molecule has 0 amide bonds. The molecule has 2 aromatic heterocycles. The molecule has 16 heteroatoms. The maximum atomic E-state index is 13.7. The van der Waals surface area contributed by atoms with Gasteiger partial charge >= 0.3 is 0 Å². The molecular formula is C27H37N7O8S. The largest absolute Gasteiger partial charge is 0.493 e. The molecule has 43 heavy (non-hydrogen) atoms. The van der Waals surface area contributed by atoms with Crippen molar-refractivity contribution in [3.8, 4) is 17.1 Å². The van der Waals surface area contributed by atoms with Gasteiger partial charge in [0.15, 0.2) is 0 Å². The summed E-state index contributed by atoms with van der Waals surface area (Å²) < 4.78 is 36.5. The Kier molecular flexibility index (Phi) is 10.4. The number of ether oxygens (including phenoxy) is 1. The standard InChI is InChI=1S/C27H37N7O8S/c1-4-7-20-22(18-28-36)33(6-3)25-24(20)29-26(30-27(25)35)21-17-19(8-9-23(21)41-15-5-2)43(39,40)32-12-10-31(11-13-32)14-16-42-34(37)38/h8-9,17-18,36H,4-7,10-16H2,1-3H3,(H,29,30,35). The van der Waals surface area contributed by atoms with Gasteiger partial charge in [0.05, 0.1) is 29.0 Å². The third-order valence-corrected chi connectivity index (χ3v) is 9.18. The SMILES string of the molecule is CCCOc1ccc(S(=O)(=O)N2CCN(CCO[N+](=O)[O-])CC2)cc1-c1nc2c(CCC)c(C=NO)n(CC)c2c(=O)[nH]1. The summed E-state index contributed by atoms with van der Waals surface area (Å²) >= 11 is 0. The molecule has 2 N–H and O–H groups in total. The van der Waals surface area contributed by atoms with Gasteiger partial charge < -0.3 is 24.3 Å². The van der Waals surface area contributed by atoms with Crippen molar-refractivity contribution in [1.29, 1.82) is 0 Å². The predicted molar refractivity (Wildman–Crippen MR) is 159 cm³/mol. The number of oxime groups is 1. The molecule has 1 saturated heterocycles. The number of aryl methyl sites for hydroxylation is 2. The normalized spacial score (nSPS) is 15.0. The van der Waals surface area contributed by atoms with Crippen LogP contribution in [0.4, 0.5) is 0 Å². The van der Waals surface area contributed by atoms with Crippen LogP contribution in [0.5, 0.6) is 5.75 Å². The molecule has 0 radical (unpaired) electrons. The van der Waals surface area contributed by atoms with Crippen molar-refractivity contribution in [2.24, 2.45) is 5.16 Å². The first-order chi connectivity index (χ1) is 20.7. The fraction of sp³-hybridized carbons (Fsp3) is 0.519. The number of H-pyrrole nitrogens is 1. The minimum Gasteiger partial charge on any atom is -0.493 e. The van der Waals surface area contributed by atoms with Crippen LogP contribution in [0.2, 0.25) is 0 Å². The molecule has 0 saturated carbocycles. The molecule has 234 valence electrons. The lowest BCUT2D eigenvalue weighted by atomic mass is 10.1. The third kappa shape index (κ3) is 6.81. The van der Waals surface area contributed by atoms with Gasteiger partial charge in [-0.15, -0.1) is 10.1 Å². The highest BCUT2D eigenvalue weighted by atomic mass is 32.2. The molecule has 0 aliphatic carbocycles. The van der Waals surface area contributed by atoms with E-state index in [-0.39, 0.29) is 30.4 Å². The van der Waals surface area contributed by atoms with Gasteiger partial charge in [0.1, 0.15) is 29.2 Å². The van der Waals surface area contributed by atoms with Crippen molar-refractivity contribution < 1.29 is 28.3 Å². The quantitative estimate of drug-likeness (QED) is 0.118. The van der Waals surface area contributed by atoms with Gasteiger partial charge in [-0.3, -0.25) is 9.69 Å². The van der Waals surface area contributed by atoms with Gasteiger partial charge in [0, 0.05) is 44.8 Å². The highest BCUT2D eigenvalue weighted by Crippen LogP contribution is 2.33. The van der Waals surface area contributed by atoms with Crippen LogP contribution in [0.1, 0.15) is 44.9 Å². The van der Waals surface area contributed by atoms with Crippen molar-refractivity contribution in [1.82, 2.24) is 23.7 Å². The van der Waals surface area contributed by atoms with Crippen molar-refractivity contribution >= 4 is 27.3 Å². The average molecular weight is 620 g/mol. The lowest BCUT2D eigenvalue weighted by Crippen LogP contribution is -2.49. The fourth-order valence-corrected chi connectivity index (χ4v) is 6.72. The third-order valence-electron chi connectivity index (χ3n) is 7.29. The van der Waals surface area contributed by atoms with Crippen LogP contribution < -0.4 is 10.3 Å². The number of hydrogen-bond donors (Lipinski definition) is 2. The van der Waals surface area contributed by atoms with E-state index in [0.29, 0.717) is 73.7 Å². The Morgan fingerprint density at radius 2 is 1.91 bits per heavy atom. The molecule has 1 fully saturated rings. The van der Waals surface area contributed by atoms with Crippen LogP contribution in [0.25, 0.3) is 22.4 Å². The summed E-state index contributed by atoms with van der Waals surface area (Å²) in [7, 11) is -3.93. The zero-order valence-electron chi connectivity index (χ0n) is 24.5. The van der Waals surface area contributed by atoms with Gasteiger partial charge in [-0.1, -0.05) is 25.4 Å². The van der Waals surface area contributed by atoms with Gasteiger partial charge in [-0.2, -0.15) is 4.31 Å². The van der Waals surface area contributed by atoms with E-state index in [4.69, 9.17) is 9.72 Å². The number of hydrogen-bond acceptors (Lipinski definition) is 11. The topological polar surface area (TPSA) is 185 Å². The maximum absolute atomic E-state index is 13.7. The fourth-order valence-electron chi connectivity index (χ4n) is 5.27. The molecule has 4 rings (SSSR count). The highest BCUT2D eigenvalue weighted by Gasteiger charge is 2.30. The van der Waals surface area contributed by atoms with Crippen LogP contribution in [-0.2, 0) is 27.8 Å². The van der Waals surface area contributed by atoms with Crippen LogP contribution >= 0.6 is 0 Å². The Bertz CT molecular complexity index is 1640. The summed E-state index contributed by atoms with van der Waals surface area (Å²) in [5.41, 5.74) is 2.04. The summed E-state index contributed by atoms with van der Waals surface area (Å²) in [6.07, 6.45) is 3.35. The van der Waals surface area contributed by atoms with Crippen molar-refractivity contribution in [2.45, 2.75) is 51.5 Å². The smallest absolute Gasteiger partial charge is 0.294 e. The van der Waals surface area contributed by atoms with Crippen LogP contribution in [0.15, 0.2) is 33.0 Å². The number of aromatic nitrogens is 3. The number of fused-ring (bicyclic) bond motifs is 1. The Morgan fingerprint density at radius 1 is 1.16 bits per heavy atom. The number of piperazine rings is 1. The molecule has 0 spiro atoms. The van der Waals surface area contributed by atoms with Gasteiger partial charge in [-0.25, -0.2) is 13.4 Å². The minimum absolute atomic E-state index is 0.0206. The summed E-state index contributed by atoms with van der Waals surface area (Å²) in [5, 5.41) is 22.1. The summed E-state index contributed by atoms with van der Waals surface area (Å²) in [6, 6.07) is 4.51. The van der Waals surface area contributed by atoms with E-state index < -0.39 is 20.7 Å². The number of sulfonamides is 1. The Hall–Kier alpha value is -4.02. The molecule has 1 aromatic carbocycles. The zero-order chi connectivity index (χ0) is 31.1. The second-order valence-corrected chi connectivity index (χ2v) is 12.0. The number of rotatable bonds is 14. The molecule has 1 aliphatic heterocycles. The van der Waals surface area contributed by atoms with E-state index in [0.717, 1.165) is 12.0 Å². The van der Waals surface area contributed by atoms with Gasteiger partial charge in [0.25, 0.3) is 10.6 Å². The van der Waals surface area contributed by atoms with E-state index in [9.17, 15) is 28.5 Å². The van der Waals surface area contributed by atoms with Crippen molar-refractivity contribution in [3.63, 3.8) is 0 Å². The lowest BCUT2D eigenvalue weighted by molar-refractivity contribution is -0.757. The highest BCUT2D eigenvalue weighted by molar-refractivity contribution is 7.89. The molecule has 0 atom stereocenters. The van der Waals surface area contributed by atoms with E-state index in [1.54, 1.807) is 10.6 Å². The average Bonchev–Trinajstić information content (AvgIpc) is 3.29. The van der Waals surface area contributed by atoms with Crippen molar-refractivity contribution in [3.05, 3.63) is 49.9 Å². The first-order valence-corrected chi connectivity index (χ1v) is 15.7. The molecule has 3 heterocycles. The number of nitrogens with one attached hydrogen (secondary N) is 1. The second-order valence-electron chi connectivity index (χ2n) is 10.0. The molecule has 1 aliphatic rings. The lowest BCUT2D eigenvalue weighted by Gasteiger charge is -2.33. The molecule has 0 bridgehead atoms. The van der Waals surface area contributed by atoms with Gasteiger partial charge in [-0.05, 0) is 38.0 Å². The number of nitrogens with zero attached hydrogens (tertiary/aromatic N) is 6. The summed E-state index contributed by atoms with van der Waals surface area (Å²) in [5.74, 6) is 0.539. The number of aromatic amines is 1. The monoisotopic (exact) mass is 619 g/mol. The number of benzene rings is 1. The molecule has 15 nitrogen and oxygen atoms in total. The predicted octanol–water partition coefficient (Wildman–Crippen LogP) is 2.48. The zero-order valence-corrected chi connectivity index (χ0v) is 25.3. The van der Waals surface area contributed by atoms with E-state index in [1.165, 1.54) is 22.7 Å². The summed E-state index contributed by atoms with van der Waals surface area (Å²) in [4.78, 5) is 37.8. The second kappa shape index (κ2) is 14.0. The van der Waals surface area contributed by atoms with Crippen LogP contribution in [0, 0.1) is 10.1 Å². The maximum Gasteiger partial charge on any atom is 0.294 e. The molecule has 3 aromatic rings.